The SMILES string of the molecule is Cc1cc(Br)cc(C(O)c2ccc(C(=O)O)o2)c1. The molecule has 1 aromatic carbocycles. The zero-order valence-electron chi connectivity index (χ0n) is 9.55. The second-order valence-electron chi connectivity index (χ2n) is 3.97. The van der Waals surface area contributed by atoms with Crippen molar-refractivity contribution in [1.29, 1.82) is 0 Å². The molecule has 1 heterocycles. The summed E-state index contributed by atoms with van der Waals surface area (Å²) in [5.74, 6) is -1.13. The molecule has 5 heteroatoms. The van der Waals surface area contributed by atoms with Crippen LogP contribution in [0, 0.1) is 6.92 Å². The summed E-state index contributed by atoms with van der Waals surface area (Å²) in [7, 11) is 0. The number of rotatable bonds is 3. The molecule has 94 valence electrons. The third-order valence-corrected chi connectivity index (χ3v) is 2.95. The molecule has 0 bridgehead atoms. The fourth-order valence-electron chi connectivity index (χ4n) is 1.70. The number of carboxylic acid groups (broad SMARTS) is 1. The highest BCUT2D eigenvalue weighted by molar-refractivity contribution is 9.10. The first kappa shape index (κ1) is 12.9. The number of aromatic carboxylic acids is 1. The molecule has 18 heavy (non-hydrogen) atoms. The summed E-state index contributed by atoms with van der Waals surface area (Å²) in [6.07, 6.45) is -0.978. The minimum absolute atomic E-state index is 0.184. The van der Waals surface area contributed by atoms with Gasteiger partial charge in [0.25, 0.3) is 0 Å². The minimum atomic E-state index is -1.15. The van der Waals surface area contributed by atoms with Crippen molar-refractivity contribution < 1.29 is 19.4 Å². The van der Waals surface area contributed by atoms with Gasteiger partial charge in [0.1, 0.15) is 11.9 Å². The molecule has 2 rings (SSSR count). The summed E-state index contributed by atoms with van der Waals surface area (Å²) in [5.41, 5.74) is 1.64. The quantitative estimate of drug-likeness (QED) is 0.913. The maximum Gasteiger partial charge on any atom is 0.371 e. The average molecular weight is 311 g/mol. The Labute approximate surface area is 112 Å². The molecule has 0 aliphatic heterocycles. The monoisotopic (exact) mass is 310 g/mol. The van der Waals surface area contributed by atoms with Crippen LogP contribution in [-0.2, 0) is 0 Å². The Morgan fingerprint density at radius 1 is 1.33 bits per heavy atom. The Balaban J connectivity index is 2.34. The number of carbonyl (C=O) groups is 1. The third-order valence-electron chi connectivity index (χ3n) is 2.49. The molecular weight excluding hydrogens is 300 g/mol. The number of carboxylic acids is 1. The van der Waals surface area contributed by atoms with Crippen LogP contribution in [0.3, 0.4) is 0 Å². The number of aliphatic hydroxyl groups excluding tert-OH is 1. The lowest BCUT2D eigenvalue weighted by molar-refractivity contribution is 0.0655. The number of benzene rings is 1. The van der Waals surface area contributed by atoms with E-state index in [2.05, 4.69) is 15.9 Å². The summed E-state index contributed by atoms with van der Waals surface area (Å²) in [4.78, 5) is 10.7. The van der Waals surface area contributed by atoms with Crippen molar-refractivity contribution >= 4 is 21.9 Å². The van der Waals surface area contributed by atoms with Crippen LogP contribution in [0.4, 0.5) is 0 Å². The molecule has 0 spiro atoms. The molecule has 2 N–H and O–H groups in total. The molecule has 0 saturated heterocycles. The van der Waals surface area contributed by atoms with Crippen molar-refractivity contribution in [3.8, 4) is 0 Å². The predicted molar refractivity (Wildman–Crippen MR) is 68.6 cm³/mol. The Bertz CT molecular complexity index is 568. The fourth-order valence-corrected chi connectivity index (χ4v) is 2.33. The van der Waals surface area contributed by atoms with E-state index in [0.29, 0.717) is 5.56 Å². The molecule has 0 aliphatic rings. The van der Waals surface area contributed by atoms with Gasteiger partial charge in [0, 0.05) is 4.47 Å². The highest BCUT2D eigenvalue weighted by atomic mass is 79.9. The molecule has 0 radical (unpaired) electrons. The zero-order chi connectivity index (χ0) is 13.3. The maximum atomic E-state index is 10.7. The van der Waals surface area contributed by atoms with E-state index < -0.39 is 12.1 Å². The van der Waals surface area contributed by atoms with Gasteiger partial charge in [0.2, 0.25) is 5.76 Å². The number of aryl methyl sites for hydroxylation is 1. The molecule has 2 aromatic rings. The van der Waals surface area contributed by atoms with Crippen LogP contribution in [0.15, 0.2) is 39.2 Å². The zero-order valence-corrected chi connectivity index (χ0v) is 11.1. The van der Waals surface area contributed by atoms with E-state index in [4.69, 9.17) is 9.52 Å². The number of aliphatic hydroxyl groups is 1. The summed E-state index contributed by atoms with van der Waals surface area (Å²) in [6.45, 7) is 1.91. The van der Waals surface area contributed by atoms with E-state index in [-0.39, 0.29) is 11.5 Å². The van der Waals surface area contributed by atoms with E-state index in [9.17, 15) is 9.90 Å². The highest BCUT2D eigenvalue weighted by Crippen LogP contribution is 2.27. The van der Waals surface area contributed by atoms with Gasteiger partial charge in [-0.15, -0.1) is 0 Å². The topological polar surface area (TPSA) is 70.7 Å². The lowest BCUT2D eigenvalue weighted by Gasteiger charge is -2.09. The summed E-state index contributed by atoms with van der Waals surface area (Å²) < 4.78 is 5.92. The van der Waals surface area contributed by atoms with Crippen molar-refractivity contribution in [2.45, 2.75) is 13.0 Å². The van der Waals surface area contributed by atoms with Gasteiger partial charge in [-0.3, -0.25) is 0 Å². The van der Waals surface area contributed by atoms with Crippen LogP contribution in [-0.4, -0.2) is 16.2 Å². The maximum absolute atomic E-state index is 10.7. The van der Waals surface area contributed by atoms with Gasteiger partial charge >= 0.3 is 5.97 Å². The Morgan fingerprint density at radius 2 is 2.06 bits per heavy atom. The smallest absolute Gasteiger partial charge is 0.371 e. The molecular formula is C13H11BrO4. The molecule has 0 aliphatic carbocycles. The van der Waals surface area contributed by atoms with Gasteiger partial charge in [-0.2, -0.15) is 0 Å². The van der Waals surface area contributed by atoms with E-state index in [1.165, 1.54) is 12.1 Å². The third kappa shape index (κ3) is 2.63. The van der Waals surface area contributed by atoms with Crippen molar-refractivity contribution in [2.24, 2.45) is 0 Å². The highest BCUT2D eigenvalue weighted by Gasteiger charge is 2.17. The van der Waals surface area contributed by atoms with Gasteiger partial charge < -0.3 is 14.6 Å². The molecule has 1 atom stereocenters. The predicted octanol–water partition coefficient (Wildman–Crippen LogP) is 3.13. The largest absolute Gasteiger partial charge is 0.475 e. The fraction of sp³-hybridized carbons (Fsp3) is 0.154. The molecule has 4 nitrogen and oxygen atoms in total. The van der Waals surface area contributed by atoms with Crippen LogP contribution >= 0.6 is 15.9 Å². The first-order chi connectivity index (χ1) is 8.47. The number of furan rings is 1. The molecule has 0 saturated carbocycles. The second kappa shape index (κ2) is 4.96. The number of hydrogen-bond donors (Lipinski definition) is 2. The van der Waals surface area contributed by atoms with Crippen LogP contribution < -0.4 is 0 Å². The average Bonchev–Trinajstić information content (AvgIpc) is 2.75. The van der Waals surface area contributed by atoms with E-state index in [1.807, 2.05) is 19.1 Å². The van der Waals surface area contributed by atoms with Gasteiger partial charge in [0.15, 0.2) is 0 Å². The van der Waals surface area contributed by atoms with Crippen LogP contribution in [0.1, 0.15) is 33.5 Å². The Morgan fingerprint density at radius 3 is 2.61 bits per heavy atom. The van der Waals surface area contributed by atoms with Gasteiger partial charge in [-0.25, -0.2) is 4.79 Å². The van der Waals surface area contributed by atoms with Crippen LogP contribution in [0.25, 0.3) is 0 Å². The first-order valence-corrected chi connectivity index (χ1v) is 6.05. The number of halogens is 1. The summed E-state index contributed by atoms with van der Waals surface area (Å²) in [5, 5.41) is 18.9. The lowest BCUT2D eigenvalue weighted by Crippen LogP contribution is -1.99. The van der Waals surface area contributed by atoms with E-state index in [1.54, 1.807) is 6.07 Å². The van der Waals surface area contributed by atoms with Crippen LogP contribution in [0.2, 0.25) is 0 Å². The Kier molecular flexibility index (Phi) is 3.54. The van der Waals surface area contributed by atoms with Crippen molar-refractivity contribution in [3.63, 3.8) is 0 Å². The normalized spacial score (nSPS) is 12.4. The van der Waals surface area contributed by atoms with Crippen molar-refractivity contribution in [3.05, 3.63) is 57.5 Å². The summed E-state index contributed by atoms with van der Waals surface area (Å²) >= 11 is 3.35. The lowest BCUT2D eigenvalue weighted by atomic mass is 10.1. The van der Waals surface area contributed by atoms with Gasteiger partial charge in [-0.1, -0.05) is 22.0 Å². The minimum Gasteiger partial charge on any atom is -0.475 e. The molecule has 0 amide bonds. The number of hydrogen-bond acceptors (Lipinski definition) is 3. The van der Waals surface area contributed by atoms with E-state index >= 15 is 0 Å². The Hall–Kier alpha value is -1.59. The standard InChI is InChI=1S/C13H11BrO4/c1-7-4-8(6-9(14)5-7)12(15)10-2-3-11(18-10)13(16)17/h2-6,12,15H,1H3,(H,16,17). The van der Waals surface area contributed by atoms with Gasteiger partial charge in [0.05, 0.1) is 0 Å². The van der Waals surface area contributed by atoms with E-state index in [0.717, 1.165) is 10.0 Å². The molecule has 0 fully saturated rings. The first-order valence-electron chi connectivity index (χ1n) is 5.25. The van der Waals surface area contributed by atoms with Crippen molar-refractivity contribution in [1.82, 2.24) is 0 Å². The van der Waals surface area contributed by atoms with Crippen molar-refractivity contribution in [2.75, 3.05) is 0 Å². The van der Waals surface area contributed by atoms with Crippen LogP contribution in [0.5, 0.6) is 0 Å². The van der Waals surface area contributed by atoms with Gasteiger partial charge in [-0.05, 0) is 42.3 Å². The molecule has 1 unspecified atom stereocenters. The molecule has 1 aromatic heterocycles. The second-order valence-corrected chi connectivity index (χ2v) is 4.89. The summed E-state index contributed by atoms with van der Waals surface area (Å²) in [6, 6.07) is 8.29.